The van der Waals surface area contributed by atoms with Crippen molar-refractivity contribution in [1.82, 2.24) is 4.90 Å². The molecule has 0 bridgehead atoms. The molecule has 0 saturated carbocycles. The summed E-state index contributed by atoms with van der Waals surface area (Å²) >= 11 is 0. The van der Waals surface area contributed by atoms with E-state index in [2.05, 4.69) is 21.9 Å². The lowest BCUT2D eigenvalue weighted by molar-refractivity contribution is 0.0649. The topological polar surface area (TPSA) is 35.9 Å². The first-order chi connectivity index (χ1) is 11.7. The van der Waals surface area contributed by atoms with E-state index >= 15 is 0 Å². The molecule has 1 heterocycles. The predicted molar refractivity (Wildman–Crippen MR) is 107 cm³/mol. The maximum absolute atomic E-state index is 13.5. The molecular formula is C19H25Cl2FN2O2. The number of halogens is 3. The van der Waals surface area contributed by atoms with Gasteiger partial charge in [0, 0.05) is 38.4 Å². The van der Waals surface area contributed by atoms with Gasteiger partial charge in [0.05, 0.1) is 0 Å². The zero-order chi connectivity index (χ0) is 16.8. The molecule has 0 radical (unpaired) electrons. The molecule has 1 unspecified atom stereocenters. The number of anilines is 1. The first-order valence-electron chi connectivity index (χ1n) is 8.30. The second-order valence-electron chi connectivity index (χ2n) is 6.02. The van der Waals surface area contributed by atoms with E-state index in [9.17, 15) is 9.50 Å². The quantitative estimate of drug-likeness (QED) is 0.804. The maximum Gasteiger partial charge on any atom is 0.165 e. The van der Waals surface area contributed by atoms with E-state index in [1.165, 1.54) is 11.8 Å². The number of para-hydroxylation sites is 2. The highest BCUT2D eigenvalue weighted by Gasteiger charge is 2.19. The van der Waals surface area contributed by atoms with Crippen molar-refractivity contribution in [3.05, 3.63) is 60.4 Å². The second-order valence-corrected chi connectivity index (χ2v) is 6.02. The number of benzene rings is 2. The SMILES string of the molecule is Cl.Cl.OC(COc1ccccc1F)CN1CCN(c2ccccc2)CC1. The van der Waals surface area contributed by atoms with Crippen LogP contribution in [-0.2, 0) is 0 Å². The molecule has 1 fully saturated rings. The van der Waals surface area contributed by atoms with Crippen molar-refractivity contribution in [1.29, 1.82) is 0 Å². The first-order valence-corrected chi connectivity index (χ1v) is 8.30. The fourth-order valence-corrected chi connectivity index (χ4v) is 2.93. The van der Waals surface area contributed by atoms with Crippen molar-refractivity contribution in [2.75, 3.05) is 44.2 Å². The van der Waals surface area contributed by atoms with Crippen LogP contribution in [-0.4, -0.2) is 55.4 Å². The third kappa shape index (κ3) is 6.32. The summed E-state index contributed by atoms with van der Waals surface area (Å²) in [4.78, 5) is 4.56. The van der Waals surface area contributed by atoms with Gasteiger partial charge >= 0.3 is 0 Å². The van der Waals surface area contributed by atoms with E-state index in [4.69, 9.17) is 4.74 Å². The first kappa shape index (κ1) is 22.5. The second kappa shape index (κ2) is 11.2. The molecule has 1 aliphatic heterocycles. The lowest BCUT2D eigenvalue weighted by Gasteiger charge is -2.36. The Morgan fingerprint density at radius 2 is 1.54 bits per heavy atom. The summed E-state index contributed by atoms with van der Waals surface area (Å²) in [6, 6.07) is 16.6. The van der Waals surface area contributed by atoms with Gasteiger partial charge in [-0.05, 0) is 24.3 Å². The monoisotopic (exact) mass is 402 g/mol. The number of hydrogen-bond acceptors (Lipinski definition) is 4. The van der Waals surface area contributed by atoms with Gasteiger partial charge in [-0.15, -0.1) is 24.8 Å². The Labute approximate surface area is 166 Å². The third-order valence-electron chi connectivity index (χ3n) is 4.23. The largest absolute Gasteiger partial charge is 0.488 e. The summed E-state index contributed by atoms with van der Waals surface area (Å²) in [6.07, 6.45) is -0.632. The smallest absolute Gasteiger partial charge is 0.165 e. The van der Waals surface area contributed by atoms with E-state index in [-0.39, 0.29) is 37.2 Å². The van der Waals surface area contributed by atoms with Crippen LogP contribution in [0.1, 0.15) is 0 Å². The number of hydrogen-bond donors (Lipinski definition) is 1. The standard InChI is InChI=1S/C19H23FN2O2.2ClH/c20-18-8-4-5-9-19(18)24-15-17(23)14-21-10-12-22(13-11-21)16-6-2-1-3-7-16;;/h1-9,17,23H,10-15H2;2*1H. The van der Waals surface area contributed by atoms with Gasteiger partial charge in [-0.25, -0.2) is 4.39 Å². The Hall–Kier alpha value is -1.53. The summed E-state index contributed by atoms with van der Waals surface area (Å²) in [7, 11) is 0. The Balaban J connectivity index is 0.00000169. The van der Waals surface area contributed by atoms with Gasteiger partial charge in [-0.2, -0.15) is 0 Å². The maximum atomic E-state index is 13.5. The number of piperazine rings is 1. The van der Waals surface area contributed by atoms with Crippen molar-refractivity contribution in [2.45, 2.75) is 6.10 Å². The van der Waals surface area contributed by atoms with Crippen LogP contribution in [0.4, 0.5) is 10.1 Å². The molecule has 0 amide bonds. The number of β-amino-alcohol motifs (C(OH)–C–C–N with tert-alkyl or cyclic N) is 1. The minimum absolute atomic E-state index is 0. The van der Waals surface area contributed by atoms with Crippen molar-refractivity contribution < 1.29 is 14.2 Å². The average Bonchev–Trinajstić information content (AvgIpc) is 2.62. The molecule has 4 nitrogen and oxygen atoms in total. The van der Waals surface area contributed by atoms with E-state index in [0.29, 0.717) is 6.54 Å². The number of ether oxygens (including phenoxy) is 1. The zero-order valence-electron chi connectivity index (χ0n) is 14.5. The van der Waals surface area contributed by atoms with Crippen LogP contribution in [0.25, 0.3) is 0 Å². The number of aliphatic hydroxyl groups excluding tert-OH is 1. The van der Waals surface area contributed by atoms with Crippen molar-refractivity contribution in [3.8, 4) is 5.75 Å². The van der Waals surface area contributed by atoms with Crippen molar-refractivity contribution in [2.24, 2.45) is 0 Å². The normalized spacial score (nSPS) is 15.5. The van der Waals surface area contributed by atoms with Crippen LogP contribution in [0, 0.1) is 5.82 Å². The average molecular weight is 403 g/mol. The molecule has 0 aromatic heterocycles. The van der Waals surface area contributed by atoms with Crippen molar-refractivity contribution >= 4 is 30.5 Å². The summed E-state index contributed by atoms with van der Waals surface area (Å²) in [6.45, 7) is 4.30. The van der Waals surface area contributed by atoms with Crippen LogP contribution in [0.15, 0.2) is 54.6 Å². The van der Waals surface area contributed by atoms with Crippen molar-refractivity contribution in [3.63, 3.8) is 0 Å². The third-order valence-corrected chi connectivity index (χ3v) is 4.23. The molecule has 26 heavy (non-hydrogen) atoms. The summed E-state index contributed by atoms with van der Waals surface area (Å²) in [5.74, 6) is -0.216. The van der Waals surface area contributed by atoms with Gasteiger partial charge in [0.25, 0.3) is 0 Å². The molecule has 1 N–H and O–H groups in total. The highest BCUT2D eigenvalue weighted by atomic mass is 35.5. The van der Waals surface area contributed by atoms with E-state index < -0.39 is 11.9 Å². The molecule has 7 heteroatoms. The fraction of sp³-hybridized carbons (Fsp3) is 0.368. The minimum atomic E-state index is -0.632. The molecular weight excluding hydrogens is 378 g/mol. The minimum Gasteiger partial charge on any atom is -0.488 e. The molecule has 144 valence electrons. The van der Waals surface area contributed by atoms with Gasteiger partial charge in [0.2, 0.25) is 0 Å². The van der Waals surface area contributed by atoms with Gasteiger partial charge < -0.3 is 14.7 Å². The predicted octanol–water partition coefficient (Wildman–Crippen LogP) is 3.23. The van der Waals surface area contributed by atoms with Crippen LogP contribution < -0.4 is 9.64 Å². The van der Waals surface area contributed by atoms with Crippen LogP contribution in [0.5, 0.6) is 5.75 Å². The number of aliphatic hydroxyl groups is 1. The van der Waals surface area contributed by atoms with Crippen LogP contribution in [0.3, 0.4) is 0 Å². The molecule has 2 aromatic rings. The Morgan fingerprint density at radius 1 is 0.923 bits per heavy atom. The zero-order valence-corrected chi connectivity index (χ0v) is 16.1. The highest BCUT2D eigenvalue weighted by Crippen LogP contribution is 2.17. The Bertz CT molecular complexity index is 640. The van der Waals surface area contributed by atoms with Gasteiger partial charge in [0.15, 0.2) is 11.6 Å². The highest BCUT2D eigenvalue weighted by molar-refractivity contribution is 5.85. The summed E-state index contributed by atoms with van der Waals surface area (Å²) < 4.78 is 18.8. The lowest BCUT2D eigenvalue weighted by Crippen LogP contribution is -2.49. The van der Waals surface area contributed by atoms with Crippen LogP contribution in [0.2, 0.25) is 0 Å². The number of nitrogens with zero attached hydrogens (tertiary/aromatic N) is 2. The van der Waals surface area contributed by atoms with Gasteiger partial charge in [-0.3, -0.25) is 4.90 Å². The molecule has 0 spiro atoms. The molecule has 1 aliphatic rings. The van der Waals surface area contributed by atoms with E-state index in [1.807, 2.05) is 18.2 Å². The molecule has 1 atom stereocenters. The Kier molecular flexibility index (Phi) is 9.73. The number of rotatable bonds is 6. The molecule has 2 aromatic carbocycles. The lowest BCUT2D eigenvalue weighted by atomic mass is 10.2. The Morgan fingerprint density at radius 3 is 2.19 bits per heavy atom. The summed E-state index contributed by atoms with van der Waals surface area (Å²) in [5, 5.41) is 10.1. The summed E-state index contributed by atoms with van der Waals surface area (Å²) in [5.41, 5.74) is 1.24. The van der Waals surface area contributed by atoms with Gasteiger partial charge in [0.1, 0.15) is 12.7 Å². The van der Waals surface area contributed by atoms with E-state index in [1.54, 1.807) is 18.2 Å². The molecule has 3 rings (SSSR count). The molecule has 0 aliphatic carbocycles. The molecule has 1 saturated heterocycles. The van der Waals surface area contributed by atoms with Gasteiger partial charge in [-0.1, -0.05) is 30.3 Å². The van der Waals surface area contributed by atoms with Crippen LogP contribution >= 0.6 is 24.8 Å². The fourth-order valence-electron chi connectivity index (χ4n) is 2.93. The van der Waals surface area contributed by atoms with E-state index in [0.717, 1.165) is 26.2 Å².